The molecule has 0 spiro atoms. The van der Waals surface area contributed by atoms with Crippen LogP contribution in [0.5, 0.6) is 0 Å². The number of hydrogen-bond acceptors (Lipinski definition) is 10. The highest BCUT2D eigenvalue weighted by Gasteiger charge is 2.38. The third-order valence-electron chi connectivity index (χ3n) is 5.68. The Morgan fingerprint density at radius 1 is 1.09 bits per heavy atom. The van der Waals surface area contributed by atoms with Gasteiger partial charge in [0.05, 0.1) is 37.6 Å². The Morgan fingerprint density at radius 3 is 2.21 bits per heavy atom. The number of aliphatic hydroxyl groups excluding tert-OH is 5. The zero-order chi connectivity index (χ0) is 25.1. The zero-order valence-electron chi connectivity index (χ0n) is 19.8. The number of esters is 1. The van der Waals surface area contributed by atoms with Crippen LogP contribution < -0.4 is 10.6 Å². The smallest absolute Gasteiger partial charge is 0.333 e. The van der Waals surface area contributed by atoms with Crippen LogP contribution in [0.2, 0.25) is 0 Å². The molecule has 11 heteroatoms. The molecule has 0 bridgehead atoms. The van der Waals surface area contributed by atoms with E-state index in [1.807, 2.05) is 13.8 Å². The van der Waals surface area contributed by atoms with Crippen molar-refractivity contribution in [2.75, 3.05) is 19.8 Å². The predicted octanol–water partition coefficient (Wildman–Crippen LogP) is -1.65. The number of carbonyl (C=O) groups excluding carboxylic acids is 2. The third kappa shape index (κ3) is 8.93. The van der Waals surface area contributed by atoms with Gasteiger partial charge in [-0.1, -0.05) is 13.8 Å². The van der Waals surface area contributed by atoms with Crippen molar-refractivity contribution >= 4 is 11.9 Å². The Labute approximate surface area is 194 Å². The van der Waals surface area contributed by atoms with E-state index < -0.39 is 55.2 Å². The normalized spacial score (nSPS) is 24.5. The second-order valence-electron chi connectivity index (χ2n) is 8.20. The van der Waals surface area contributed by atoms with Gasteiger partial charge in [-0.3, -0.25) is 4.79 Å². The summed E-state index contributed by atoms with van der Waals surface area (Å²) in [5, 5.41) is 54.5. The quantitative estimate of drug-likeness (QED) is 0.144. The SMILES string of the molecule is CCOC(=O)C1=C[C@@H](OC(CC)CC)[C@H](NC(C)=O)[C@@H](NC[C@@H](O)[C@@H](O)[C@H](O)[C@H](O)CO)C1. The largest absolute Gasteiger partial charge is 0.463 e. The van der Waals surface area contributed by atoms with Crippen LogP contribution >= 0.6 is 0 Å². The second kappa shape index (κ2) is 14.6. The summed E-state index contributed by atoms with van der Waals surface area (Å²) >= 11 is 0. The molecular formula is C22H40N2O9. The van der Waals surface area contributed by atoms with Crippen LogP contribution in [0.25, 0.3) is 0 Å². The lowest BCUT2D eigenvalue weighted by atomic mass is 9.87. The van der Waals surface area contributed by atoms with Gasteiger partial charge in [0.1, 0.15) is 18.3 Å². The van der Waals surface area contributed by atoms with Crippen LogP contribution in [0.15, 0.2) is 11.6 Å². The van der Waals surface area contributed by atoms with Crippen molar-refractivity contribution in [2.24, 2.45) is 0 Å². The van der Waals surface area contributed by atoms with Crippen LogP contribution in [0.1, 0.15) is 47.0 Å². The molecule has 0 aromatic rings. The van der Waals surface area contributed by atoms with Crippen LogP contribution in [0, 0.1) is 0 Å². The summed E-state index contributed by atoms with van der Waals surface area (Å²) in [5.74, 6) is -0.814. The standard InChI is InChI=1S/C22H40N2O9/c1-5-14(6-2)33-18-9-13(22(31)32-7-3)8-15(19(18)24-12(4)26)23-10-16(27)20(29)21(30)17(28)11-25/h9,14-21,23,25,27-30H,5-8,10-11H2,1-4H3,(H,24,26)/t15-,16+,17+,18+,19+,20+,21+/m0/s1. The zero-order valence-corrected chi connectivity index (χ0v) is 19.8. The summed E-state index contributed by atoms with van der Waals surface area (Å²) in [6.07, 6.45) is -4.08. The maximum Gasteiger partial charge on any atom is 0.333 e. The highest BCUT2D eigenvalue weighted by Crippen LogP contribution is 2.25. The Hall–Kier alpha value is -1.60. The third-order valence-corrected chi connectivity index (χ3v) is 5.68. The molecule has 33 heavy (non-hydrogen) atoms. The molecule has 0 fully saturated rings. The number of ether oxygens (including phenoxy) is 2. The fourth-order valence-electron chi connectivity index (χ4n) is 3.74. The van der Waals surface area contributed by atoms with Crippen molar-refractivity contribution < 1.29 is 44.6 Å². The van der Waals surface area contributed by atoms with E-state index in [2.05, 4.69) is 10.6 Å². The van der Waals surface area contributed by atoms with Crippen molar-refractivity contribution in [3.05, 3.63) is 11.6 Å². The monoisotopic (exact) mass is 476 g/mol. The molecule has 7 atom stereocenters. The van der Waals surface area contributed by atoms with Gasteiger partial charge in [-0.25, -0.2) is 4.79 Å². The van der Waals surface area contributed by atoms with Gasteiger partial charge in [-0.2, -0.15) is 0 Å². The molecule has 0 aliphatic heterocycles. The number of amides is 1. The highest BCUT2D eigenvalue weighted by molar-refractivity contribution is 5.89. The van der Waals surface area contributed by atoms with E-state index in [-0.39, 0.29) is 31.6 Å². The molecule has 0 unspecified atom stereocenters. The van der Waals surface area contributed by atoms with Crippen LogP contribution in [-0.4, -0.2) is 106 Å². The molecule has 0 saturated heterocycles. The predicted molar refractivity (Wildman–Crippen MR) is 119 cm³/mol. The van der Waals surface area contributed by atoms with Gasteiger partial charge in [0.15, 0.2) is 0 Å². The Kier molecular flexibility index (Phi) is 13.0. The average Bonchev–Trinajstić information content (AvgIpc) is 2.80. The van der Waals surface area contributed by atoms with Gasteiger partial charge in [0.25, 0.3) is 0 Å². The van der Waals surface area contributed by atoms with E-state index in [4.69, 9.17) is 14.6 Å². The first-order chi connectivity index (χ1) is 15.6. The second-order valence-corrected chi connectivity index (χ2v) is 8.20. The number of hydrogen-bond donors (Lipinski definition) is 7. The summed E-state index contributed by atoms with van der Waals surface area (Å²) in [6.45, 7) is 6.18. The van der Waals surface area contributed by atoms with Gasteiger partial charge in [0.2, 0.25) is 5.91 Å². The van der Waals surface area contributed by atoms with E-state index in [0.29, 0.717) is 5.57 Å². The Balaban J connectivity index is 3.10. The van der Waals surface area contributed by atoms with E-state index in [1.165, 1.54) is 6.92 Å². The van der Waals surface area contributed by atoms with Gasteiger partial charge < -0.3 is 45.6 Å². The van der Waals surface area contributed by atoms with Crippen molar-refractivity contribution in [1.29, 1.82) is 0 Å². The first-order valence-electron chi connectivity index (χ1n) is 11.5. The molecule has 0 radical (unpaired) electrons. The maximum absolute atomic E-state index is 12.5. The highest BCUT2D eigenvalue weighted by atomic mass is 16.5. The number of rotatable bonds is 14. The van der Waals surface area contributed by atoms with E-state index in [9.17, 15) is 30.0 Å². The summed E-state index contributed by atoms with van der Waals surface area (Å²) in [5.41, 5.74) is 0.359. The molecule has 0 saturated carbocycles. The number of carbonyl (C=O) groups is 2. The van der Waals surface area contributed by atoms with Crippen molar-refractivity contribution in [2.45, 2.75) is 95.7 Å². The summed E-state index contributed by atoms with van der Waals surface area (Å²) < 4.78 is 11.3. The van der Waals surface area contributed by atoms with Gasteiger partial charge in [0, 0.05) is 25.1 Å². The van der Waals surface area contributed by atoms with Crippen LogP contribution in [-0.2, 0) is 19.1 Å². The molecule has 0 heterocycles. The molecule has 7 N–H and O–H groups in total. The number of nitrogens with one attached hydrogen (secondary N) is 2. The molecule has 1 aliphatic carbocycles. The molecule has 0 aromatic heterocycles. The maximum atomic E-state index is 12.5. The summed E-state index contributed by atoms with van der Waals surface area (Å²) in [7, 11) is 0. The molecule has 1 aliphatic rings. The molecule has 1 rings (SSSR count). The molecule has 1 amide bonds. The first-order valence-corrected chi connectivity index (χ1v) is 11.5. The Bertz CT molecular complexity index is 641. The summed E-state index contributed by atoms with van der Waals surface area (Å²) in [4.78, 5) is 24.4. The van der Waals surface area contributed by atoms with E-state index in [1.54, 1.807) is 13.0 Å². The van der Waals surface area contributed by atoms with E-state index >= 15 is 0 Å². The Morgan fingerprint density at radius 2 is 1.70 bits per heavy atom. The number of aliphatic hydroxyl groups is 5. The van der Waals surface area contributed by atoms with Crippen LogP contribution in [0.3, 0.4) is 0 Å². The minimum atomic E-state index is -1.76. The van der Waals surface area contributed by atoms with Crippen molar-refractivity contribution in [1.82, 2.24) is 10.6 Å². The summed E-state index contributed by atoms with van der Waals surface area (Å²) in [6, 6.07) is -1.15. The topological polar surface area (TPSA) is 178 Å². The average molecular weight is 477 g/mol. The van der Waals surface area contributed by atoms with Gasteiger partial charge in [-0.05, 0) is 32.3 Å². The van der Waals surface area contributed by atoms with E-state index in [0.717, 1.165) is 12.8 Å². The molecular weight excluding hydrogens is 436 g/mol. The minimum Gasteiger partial charge on any atom is -0.463 e. The van der Waals surface area contributed by atoms with Crippen LogP contribution in [0.4, 0.5) is 0 Å². The first kappa shape index (κ1) is 29.4. The fourth-order valence-corrected chi connectivity index (χ4v) is 3.74. The molecule has 0 aromatic carbocycles. The lowest BCUT2D eigenvalue weighted by molar-refractivity contribution is -0.139. The minimum absolute atomic E-state index is 0.104. The van der Waals surface area contributed by atoms with Crippen molar-refractivity contribution in [3.63, 3.8) is 0 Å². The lowest BCUT2D eigenvalue weighted by Gasteiger charge is -2.39. The lowest BCUT2D eigenvalue weighted by Crippen LogP contribution is -2.60. The fraction of sp³-hybridized carbons (Fsp3) is 0.818. The van der Waals surface area contributed by atoms with Gasteiger partial charge >= 0.3 is 5.97 Å². The van der Waals surface area contributed by atoms with Crippen molar-refractivity contribution in [3.8, 4) is 0 Å². The van der Waals surface area contributed by atoms with Gasteiger partial charge in [-0.15, -0.1) is 0 Å². The molecule has 192 valence electrons. The molecule has 11 nitrogen and oxygen atoms in total.